The van der Waals surface area contributed by atoms with Crippen LogP contribution in [-0.4, -0.2) is 24.5 Å². The normalized spacial score (nSPS) is 13.7. The van der Waals surface area contributed by atoms with Gasteiger partial charge >= 0.3 is 0 Å². The van der Waals surface area contributed by atoms with Crippen LogP contribution in [0.5, 0.6) is 5.75 Å². The largest absolute Gasteiger partial charge is 0.494 e. The number of carbonyl (C=O) groups excluding carboxylic acids is 1. The van der Waals surface area contributed by atoms with E-state index in [9.17, 15) is 4.79 Å². The van der Waals surface area contributed by atoms with Crippen LogP contribution in [0.3, 0.4) is 0 Å². The molecular formula is C16H17N3O2. The Balaban J connectivity index is 2.02. The molecule has 1 aliphatic heterocycles. The third-order valence-corrected chi connectivity index (χ3v) is 3.71. The number of fused-ring (bicyclic) bond motifs is 1. The fourth-order valence-corrected chi connectivity index (χ4v) is 2.67. The van der Waals surface area contributed by atoms with E-state index in [1.165, 1.54) is 7.11 Å². The van der Waals surface area contributed by atoms with Gasteiger partial charge in [-0.25, -0.2) is 0 Å². The first-order valence-corrected chi connectivity index (χ1v) is 6.89. The number of rotatable bonds is 2. The lowest BCUT2D eigenvalue weighted by Crippen LogP contribution is -2.35. The monoisotopic (exact) mass is 283 g/mol. The average Bonchev–Trinajstić information content (AvgIpc) is 2.53. The number of amides is 1. The number of pyridine rings is 1. The predicted molar refractivity (Wildman–Crippen MR) is 81.6 cm³/mol. The zero-order valence-corrected chi connectivity index (χ0v) is 11.9. The molecule has 5 heteroatoms. The molecule has 2 N–H and O–H groups in total. The molecule has 0 spiro atoms. The lowest BCUT2D eigenvalue weighted by Gasteiger charge is -2.30. The molecule has 2 aromatic rings. The van der Waals surface area contributed by atoms with E-state index in [0.717, 1.165) is 24.1 Å². The van der Waals surface area contributed by atoms with Gasteiger partial charge in [-0.3, -0.25) is 9.78 Å². The third-order valence-electron chi connectivity index (χ3n) is 3.71. The molecule has 1 aliphatic rings. The molecule has 0 unspecified atom stereocenters. The van der Waals surface area contributed by atoms with Crippen molar-refractivity contribution in [3.8, 4) is 5.75 Å². The maximum Gasteiger partial charge on any atom is 0.262 e. The van der Waals surface area contributed by atoms with Crippen molar-refractivity contribution in [2.24, 2.45) is 0 Å². The Hall–Kier alpha value is -2.56. The molecule has 2 heterocycles. The van der Waals surface area contributed by atoms with E-state index >= 15 is 0 Å². The van der Waals surface area contributed by atoms with Gasteiger partial charge in [-0.1, -0.05) is 6.07 Å². The van der Waals surface area contributed by atoms with Crippen LogP contribution >= 0.6 is 0 Å². The van der Waals surface area contributed by atoms with Gasteiger partial charge in [0.05, 0.1) is 18.9 Å². The van der Waals surface area contributed by atoms with E-state index in [4.69, 9.17) is 10.5 Å². The number of nitrogens with zero attached hydrogens (tertiary/aromatic N) is 2. The molecule has 0 bridgehead atoms. The van der Waals surface area contributed by atoms with Crippen molar-refractivity contribution < 1.29 is 9.53 Å². The molecule has 0 saturated carbocycles. The number of hydrogen-bond donors (Lipinski definition) is 1. The Bertz CT molecular complexity index is 685. The van der Waals surface area contributed by atoms with Crippen LogP contribution in [0.1, 0.15) is 22.3 Å². The number of aryl methyl sites for hydroxylation is 1. The van der Waals surface area contributed by atoms with Gasteiger partial charge in [0.1, 0.15) is 5.75 Å². The van der Waals surface area contributed by atoms with Gasteiger partial charge < -0.3 is 15.4 Å². The van der Waals surface area contributed by atoms with E-state index in [1.54, 1.807) is 23.4 Å². The van der Waals surface area contributed by atoms with Gasteiger partial charge in [-0.2, -0.15) is 0 Å². The summed E-state index contributed by atoms with van der Waals surface area (Å²) in [6.07, 6.45) is 5.06. The van der Waals surface area contributed by atoms with E-state index < -0.39 is 0 Å². The van der Waals surface area contributed by atoms with Gasteiger partial charge in [0.2, 0.25) is 0 Å². The molecular weight excluding hydrogens is 266 g/mol. The summed E-state index contributed by atoms with van der Waals surface area (Å²) >= 11 is 0. The van der Waals surface area contributed by atoms with E-state index in [2.05, 4.69) is 4.98 Å². The first-order chi connectivity index (χ1) is 10.2. The summed E-state index contributed by atoms with van der Waals surface area (Å²) in [5.41, 5.74) is 9.09. The Kier molecular flexibility index (Phi) is 3.48. The van der Waals surface area contributed by atoms with Gasteiger partial charge in [0.25, 0.3) is 5.91 Å². The predicted octanol–water partition coefficient (Wildman–Crippen LogP) is 2.27. The number of nitrogen functional groups attached to an aromatic ring is 1. The Labute approximate surface area is 123 Å². The van der Waals surface area contributed by atoms with E-state index in [-0.39, 0.29) is 5.91 Å². The average molecular weight is 283 g/mol. The number of nitrogens with two attached hydrogens (primary N) is 1. The van der Waals surface area contributed by atoms with Crippen molar-refractivity contribution in [1.29, 1.82) is 0 Å². The van der Waals surface area contributed by atoms with Crippen molar-refractivity contribution in [1.82, 2.24) is 4.98 Å². The highest BCUT2D eigenvalue weighted by atomic mass is 16.5. The van der Waals surface area contributed by atoms with Crippen LogP contribution in [0.4, 0.5) is 11.4 Å². The first kappa shape index (κ1) is 13.4. The summed E-state index contributed by atoms with van der Waals surface area (Å²) in [5.74, 6) is 0.402. The number of anilines is 2. The quantitative estimate of drug-likeness (QED) is 0.858. The highest BCUT2D eigenvalue weighted by molar-refractivity contribution is 6.08. The Morgan fingerprint density at radius 2 is 2.24 bits per heavy atom. The molecule has 0 atom stereocenters. The first-order valence-electron chi connectivity index (χ1n) is 6.89. The van der Waals surface area contributed by atoms with Crippen molar-refractivity contribution >= 4 is 17.3 Å². The molecule has 0 saturated heterocycles. The van der Waals surface area contributed by atoms with Crippen LogP contribution in [0.25, 0.3) is 0 Å². The van der Waals surface area contributed by atoms with Crippen LogP contribution in [0.2, 0.25) is 0 Å². The maximum absolute atomic E-state index is 12.8. The standard InChI is InChI=1S/C16H17N3O2/c1-21-15-10-18-7-6-13(15)16(20)19-8-2-3-11-4-5-12(17)9-14(11)19/h4-7,9-10H,2-3,8,17H2,1H3. The summed E-state index contributed by atoms with van der Waals surface area (Å²) in [4.78, 5) is 18.6. The maximum atomic E-state index is 12.8. The van der Waals surface area contributed by atoms with Crippen LogP contribution < -0.4 is 15.4 Å². The molecule has 1 amide bonds. The molecule has 1 aromatic heterocycles. The van der Waals surface area contributed by atoms with Gasteiger partial charge in [0, 0.05) is 24.1 Å². The van der Waals surface area contributed by atoms with Gasteiger partial charge in [0.15, 0.2) is 0 Å². The van der Waals surface area contributed by atoms with Crippen LogP contribution in [-0.2, 0) is 6.42 Å². The summed E-state index contributed by atoms with van der Waals surface area (Å²) in [5, 5.41) is 0. The lowest BCUT2D eigenvalue weighted by molar-refractivity contribution is 0.0982. The van der Waals surface area contributed by atoms with Crippen molar-refractivity contribution in [2.75, 3.05) is 24.3 Å². The number of benzene rings is 1. The third kappa shape index (κ3) is 2.42. The lowest BCUT2D eigenvalue weighted by atomic mass is 10.00. The van der Waals surface area contributed by atoms with Crippen LogP contribution in [0.15, 0.2) is 36.7 Å². The Morgan fingerprint density at radius 3 is 3.05 bits per heavy atom. The van der Waals surface area contributed by atoms with Gasteiger partial charge in [-0.15, -0.1) is 0 Å². The topological polar surface area (TPSA) is 68.5 Å². The summed E-state index contributed by atoms with van der Waals surface area (Å²) < 4.78 is 5.23. The highest BCUT2D eigenvalue weighted by Gasteiger charge is 2.25. The second-order valence-electron chi connectivity index (χ2n) is 5.02. The van der Waals surface area contributed by atoms with Crippen molar-refractivity contribution in [3.05, 3.63) is 47.8 Å². The fraction of sp³-hybridized carbons (Fsp3) is 0.250. The Morgan fingerprint density at radius 1 is 1.38 bits per heavy atom. The van der Waals surface area contributed by atoms with E-state index in [1.807, 2.05) is 18.2 Å². The number of methoxy groups -OCH3 is 1. The van der Waals surface area contributed by atoms with Crippen molar-refractivity contribution in [2.45, 2.75) is 12.8 Å². The van der Waals surface area contributed by atoms with E-state index in [0.29, 0.717) is 23.5 Å². The minimum atomic E-state index is -0.0826. The minimum Gasteiger partial charge on any atom is -0.494 e. The summed E-state index contributed by atoms with van der Waals surface area (Å²) in [7, 11) is 1.54. The second-order valence-corrected chi connectivity index (χ2v) is 5.02. The molecule has 5 nitrogen and oxygen atoms in total. The van der Waals surface area contributed by atoms with Crippen LogP contribution in [0, 0.1) is 0 Å². The smallest absolute Gasteiger partial charge is 0.262 e. The number of ether oxygens (including phenoxy) is 1. The van der Waals surface area contributed by atoms with Crippen molar-refractivity contribution in [3.63, 3.8) is 0 Å². The second kappa shape index (κ2) is 5.44. The molecule has 0 aliphatic carbocycles. The highest BCUT2D eigenvalue weighted by Crippen LogP contribution is 2.31. The molecule has 1 aromatic carbocycles. The number of hydrogen-bond acceptors (Lipinski definition) is 4. The minimum absolute atomic E-state index is 0.0826. The number of aromatic nitrogens is 1. The molecule has 21 heavy (non-hydrogen) atoms. The number of carbonyl (C=O) groups is 1. The molecule has 108 valence electrons. The van der Waals surface area contributed by atoms with Gasteiger partial charge in [-0.05, 0) is 36.6 Å². The zero-order chi connectivity index (χ0) is 14.8. The SMILES string of the molecule is COc1cnccc1C(=O)N1CCCc2ccc(N)cc21. The fourth-order valence-electron chi connectivity index (χ4n) is 2.67. The molecule has 0 radical (unpaired) electrons. The molecule has 0 fully saturated rings. The summed E-state index contributed by atoms with van der Waals surface area (Å²) in [6, 6.07) is 7.41. The summed E-state index contributed by atoms with van der Waals surface area (Å²) in [6.45, 7) is 0.681. The molecule has 3 rings (SSSR count). The zero-order valence-electron chi connectivity index (χ0n) is 11.9.